The fourth-order valence-corrected chi connectivity index (χ4v) is 3.33. The number of sulfone groups is 1. The summed E-state index contributed by atoms with van der Waals surface area (Å²) in [5.74, 6) is -0.627. The van der Waals surface area contributed by atoms with E-state index in [1.165, 1.54) is 12.1 Å². The maximum absolute atomic E-state index is 12.6. The number of nitrogens with zero attached hydrogens (tertiary/aromatic N) is 1. The molecule has 0 spiro atoms. The Morgan fingerprint density at radius 1 is 1.04 bits per heavy atom. The van der Waals surface area contributed by atoms with Crippen molar-refractivity contribution in [3.8, 4) is 0 Å². The lowest BCUT2D eigenvalue weighted by Crippen LogP contribution is -2.18. The quantitative estimate of drug-likeness (QED) is 0.516. The first-order valence-electron chi connectivity index (χ1n) is 6.81. The highest BCUT2D eigenvalue weighted by atomic mass is 32.2. The fourth-order valence-electron chi connectivity index (χ4n) is 2.03. The van der Waals surface area contributed by atoms with Crippen molar-refractivity contribution in [3.63, 3.8) is 0 Å². The number of benzene rings is 2. The zero-order valence-corrected chi connectivity index (χ0v) is 13.4. The number of aryl methyl sites for hydroxylation is 1. The molecule has 4 nitrogen and oxygen atoms in total. The Hall–Kier alpha value is -2.35. The summed E-state index contributed by atoms with van der Waals surface area (Å²) in [5, 5.41) is 12.0. The monoisotopic (exact) mass is 357 g/mol. The van der Waals surface area contributed by atoms with Crippen LogP contribution >= 0.6 is 0 Å². The summed E-state index contributed by atoms with van der Waals surface area (Å²) >= 11 is 0. The van der Waals surface area contributed by atoms with E-state index in [4.69, 9.17) is 5.21 Å². The second-order valence-corrected chi connectivity index (χ2v) is 7.18. The van der Waals surface area contributed by atoms with Gasteiger partial charge in [-0.15, -0.1) is 0 Å². The normalized spacial score (nSPS) is 13.1. The molecule has 8 heteroatoms. The lowest BCUT2D eigenvalue weighted by Gasteiger charge is -2.09. The van der Waals surface area contributed by atoms with E-state index in [0.29, 0.717) is 0 Å². The maximum Gasteiger partial charge on any atom is 0.416 e. The Balaban J connectivity index is 2.28. The van der Waals surface area contributed by atoms with Gasteiger partial charge in [0.2, 0.25) is 0 Å². The molecule has 1 N–H and O–H groups in total. The maximum atomic E-state index is 12.6. The molecule has 0 aliphatic carbocycles. The van der Waals surface area contributed by atoms with Gasteiger partial charge >= 0.3 is 6.18 Å². The fraction of sp³-hybridized carbons (Fsp3) is 0.188. The number of hydrogen-bond acceptors (Lipinski definition) is 4. The molecule has 0 saturated carbocycles. The number of rotatable bonds is 4. The van der Waals surface area contributed by atoms with Crippen molar-refractivity contribution in [2.24, 2.45) is 5.16 Å². The second-order valence-electron chi connectivity index (χ2n) is 5.19. The minimum absolute atomic E-state index is 0.0427. The van der Waals surface area contributed by atoms with E-state index < -0.39 is 27.3 Å². The van der Waals surface area contributed by atoms with Crippen molar-refractivity contribution in [2.75, 3.05) is 5.75 Å². The van der Waals surface area contributed by atoms with Gasteiger partial charge in [-0.25, -0.2) is 8.42 Å². The molecule has 24 heavy (non-hydrogen) atoms. The van der Waals surface area contributed by atoms with E-state index in [0.717, 1.165) is 29.8 Å². The lowest BCUT2D eigenvalue weighted by atomic mass is 10.1. The third kappa shape index (κ3) is 4.14. The largest absolute Gasteiger partial charge is 0.416 e. The summed E-state index contributed by atoms with van der Waals surface area (Å²) in [6, 6.07) is 9.85. The first kappa shape index (κ1) is 18.0. The number of hydrogen-bond donors (Lipinski definition) is 1. The minimum Gasteiger partial charge on any atom is -0.411 e. The summed E-state index contributed by atoms with van der Waals surface area (Å²) in [6.07, 6.45) is -4.50. The highest BCUT2D eigenvalue weighted by Crippen LogP contribution is 2.29. The van der Waals surface area contributed by atoms with Crippen LogP contribution in [-0.2, 0) is 16.0 Å². The van der Waals surface area contributed by atoms with Gasteiger partial charge in [0.25, 0.3) is 0 Å². The molecule has 2 rings (SSSR count). The average molecular weight is 357 g/mol. The van der Waals surface area contributed by atoms with Crippen LogP contribution in [0.15, 0.2) is 58.6 Å². The van der Waals surface area contributed by atoms with E-state index in [-0.39, 0.29) is 16.2 Å². The van der Waals surface area contributed by atoms with Gasteiger partial charge in [-0.1, -0.05) is 35.0 Å². The van der Waals surface area contributed by atoms with Gasteiger partial charge in [0, 0.05) is 5.56 Å². The van der Waals surface area contributed by atoms with Crippen molar-refractivity contribution in [2.45, 2.75) is 18.0 Å². The lowest BCUT2D eigenvalue weighted by molar-refractivity contribution is -0.137. The van der Waals surface area contributed by atoms with Gasteiger partial charge < -0.3 is 5.21 Å². The summed E-state index contributed by atoms with van der Waals surface area (Å²) in [5.41, 5.74) is -0.122. The van der Waals surface area contributed by atoms with Gasteiger partial charge in [0.05, 0.1) is 10.5 Å². The Labute approximate surface area is 137 Å². The highest BCUT2D eigenvalue weighted by molar-refractivity contribution is 7.92. The summed E-state index contributed by atoms with van der Waals surface area (Å²) < 4.78 is 62.3. The third-order valence-electron chi connectivity index (χ3n) is 3.37. The van der Waals surface area contributed by atoms with E-state index >= 15 is 0 Å². The molecule has 0 aliphatic rings. The summed E-state index contributed by atoms with van der Waals surface area (Å²) in [4.78, 5) is 0.0427. The van der Waals surface area contributed by atoms with Crippen LogP contribution in [0.2, 0.25) is 0 Å². The number of halogens is 3. The molecular weight excluding hydrogens is 343 g/mol. The highest BCUT2D eigenvalue weighted by Gasteiger charge is 2.30. The van der Waals surface area contributed by atoms with Crippen LogP contribution in [0.25, 0.3) is 0 Å². The SMILES string of the molecule is Cc1ccc(S(=O)(=O)C/C(=N\O)c2ccc(C(F)(F)F)cc2)cc1. The first-order chi connectivity index (χ1) is 11.1. The van der Waals surface area contributed by atoms with Crippen LogP contribution in [0, 0.1) is 6.92 Å². The van der Waals surface area contributed by atoms with Crippen LogP contribution in [-0.4, -0.2) is 25.1 Å². The zero-order chi connectivity index (χ0) is 18.0. The molecule has 0 unspecified atom stereocenters. The zero-order valence-electron chi connectivity index (χ0n) is 12.6. The Morgan fingerprint density at radius 2 is 1.58 bits per heavy atom. The predicted molar refractivity (Wildman–Crippen MR) is 83.0 cm³/mol. The summed E-state index contributed by atoms with van der Waals surface area (Å²) in [7, 11) is -3.79. The third-order valence-corrected chi connectivity index (χ3v) is 5.02. The van der Waals surface area contributed by atoms with Gasteiger partial charge in [0.15, 0.2) is 9.84 Å². The smallest absolute Gasteiger partial charge is 0.411 e. The molecule has 0 aromatic heterocycles. The van der Waals surface area contributed by atoms with Crippen molar-refractivity contribution < 1.29 is 26.8 Å². The van der Waals surface area contributed by atoms with Crippen molar-refractivity contribution in [1.82, 2.24) is 0 Å². The molecule has 0 aliphatic heterocycles. The van der Waals surface area contributed by atoms with E-state index in [9.17, 15) is 21.6 Å². The molecule has 0 radical (unpaired) electrons. The van der Waals surface area contributed by atoms with Crippen LogP contribution in [0.5, 0.6) is 0 Å². The minimum atomic E-state index is -4.50. The molecule has 0 amide bonds. The van der Waals surface area contributed by atoms with Crippen LogP contribution < -0.4 is 0 Å². The standard InChI is InChI=1S/C16H14F3NO3S/c1-11-2-8-14(9-3-11)24(22,23)10-15(20-21)12-4-6-13(7-5-12)16(17,18)19/h2-9,21H,10H2,1H3/b20-15+. The number of alkyl halides is 3. The van der Waals surface area contributed by atoms with E-state index in [2.05, 4.69) is 5.16 Å². The second kappa shape index (κ2) is 6.64. The molecule has 0 fully saturated rings. The number of oxime groups is 1. The van der Waals surface area contributed by atoms with Crippen molar-refractivity contribution in [3.05, 3.63) is 65.2 Å². The van der Waals surface area contributed by atoms with Gasteiger partial charge in [-0.3, -0.25) is 0 Å². The average Bonchev–Trinajstić information content (AvgIpc) is 2.52. The van der Waals surface area contributed by atoms with E-state index in [1.54, 1.807) is 19.1 Å². The molecule has 0 atom stereocenters. The molecule has 2 aromatic carbocycles. The molecule has 0 heterocycles. The van der Waals surface area contributed by atoms with Gasteiger partial charge in [0.1, 0.15) is 11.5 Å². The van der Waals surface area contributed by atoms with E-state index in [1.807, 2.05) is 0 Å². The topological polar surface area (TPSA) is 66.7 Å². The Morgan fingerprint density at radius 3 is 2.04 bits per heavy atom. The van der Waals surface area contributed by atoms with Crippen molar-refractivity contribution >= 4 is 15.5 Å². The van der Waals surface area contributed by atoms with Crippen molar-refractivity contribution in [1.29, 1.82) is 0 Å². The molecular formula is C16H14F3NO3S. The first-order valence-corrected chi connectivity index (χ1v) is 8.47. The summed E-state index contributed by atoms with van der Waals surface area (Å²) in [6.45, 7) is 1.80. The van der Waals surface area contributed by atoms with Crippen LogP contribution in [0.3, 0.4) is 0 Å². The molecule has 2 aromatic rings. The van der Waals surface area contributed by atoms with Gasteiger partial charge in [-0.2, -0.15) is 13.2 Å². The van der Waals surface area contributed by atoms with Crippen LogP contribution in [0.4, 0.5) is 13.2 Å². The molecule has 128 valence electrons. The molecule has 0 bridgehead atoms. The Bertz CT molecular complexity index is 840. The predicted octanol–water partition coefficient (Wildman–Crippen LogP) is 3.67. The molecule has 0 saturated heterocycles. The van der Waals surface area contributed by atoms with Crippen LogP contribution in [0.1, 0.15) is 16.7 Å². The van der Waals surface area contributed by atoms with Gasteiger partial charge in [-0.05, 0) is 31.2 Å². The Kier molecular flexibility index (Phi) is 4.98.